The molecule has 0 heterocycles. The van der Waals surface area contributed by atoms with Crippen LogP contribution in [0.1, 0.15) is 40.0 Å². The van der Waals surface area contributed by atoms with Crippen molar-refractivity contribution < 1.29 is 19.2 Å². The first-order chi connectivity index (χ1) is 10.9. The van der Waals surface area contributed by atoms with Crippen LogP contribution in [0, 0.1) is 5.92 Å². The van der Waals surface area contributed by atoms with Crippen molar-refractivity contribution >= 4 is 23.5 Å². The Labute approximate surface area is 137 Å². The average molecular weight is 325 g/mol. The summed E-state index contributed by atoms with van der Waals surface area (Å²) < 4.78 is 0. The quantitative estimate of drug-likeness (QED) is 0.475. The zero-order valence-electron chi connectivity index (χ0n) is 14.1. The van der Waals surface area contributed by atoms with Crippen LogP contribution in [0.25, 0.3) is 0 Å². The van der Waals surface area contributed by atoms with Crippen molar-refractivity contribution in [2.75, 3.05) is 19.6 Å². The molecule has 0 rings (SSSR count). The van der Waals surface area contributed by atoms with Crippen LogP contribution >= 0.6 is 0 Å². The summed E-state index contributed by atoms with van der Waals surface area (Å²) in [4.78, 5) is 45.5. The van der Waals surface area contributed by atoms with Gasteiger partial charge >= 0.3 is 0 Å². The highest BCUT2D eigenvalue weighted by Gasteiger charge is 2.05. The van der Waals surface area contributed by atoms with E-state index in [1.165, 1.54) is 6.08 Å². The van der Waals surface area contributed by atoms with E-state index in [1.807, 2.05) is 6.92 Å². The van der Waals surface area contributed by atoms with Crippen molar-refractivity contribution in [1.82, 2.24) is 16.0 Å². The van der Waals surface area contributed by atoms with E-state index in [4.69, 9.17) is 0 Å². The van der Waals surface area contributed by atoms with Crippen molar-refractivity contribution in [2.24, 2.45) is 5.92 Å². The van der Waals surface area contributed by atoms with Crippen LogP contribution in [0.15, 0.2) is 12.2 Å². The number of hydrogen-bond acceptors (Lipinski definition) is 4. The fourth-order valence-electron chi connectivity index (χ4n) is 1.47. The monoisotopic (exact) mass is 325 g/mol. The van der Waals surface area contributed by atoms with Crippen LogP contribution in [0.2, 0.25) is 0 Å². The first-order valence-corrected chi connectivity index (χ1v) is 7.90. The molecule has 0 aromatic carbocycles. The molecule has 0 aromatic heterocycles. The molecule has 0 aliphatic carbocycles. The topological polar surface area (TPSA) is 104 Å². The Bertz CT molecular complexity index is 445. The third-order valence-corrected chi connectivity index (χ3v) is 2.87. The molecule has 0 atom stereocenters. The molecule has 0 fully saturated rings. The zero-order chi connectivity index (χ0) is 17.7. The normalized spacial score (nSPS) is 10.6. The maximum Gasteiger partial charge on any atom is 0.244 e. The van der Waals surface area contributed by atoms with Gasteiger partial charge in [0, 0.05) is 44.5 Å². The van der Waals surface area contributed by atoms with E-state index in [2.05, 4.69) is 16.0 Å². The third-order valence-electron chi connectivity index (χ3n) is 2.87. The summed E-state index contributed by atoms with van der Waals surface area (Å²) >= 11 is 0. The summed E-state index contributed by atoms with van der Waals surface area (Å²) in [7, 11) is 0. The predicted octanol–water partition coefficient (Wildman–Crippen LogP) is 0.307. The van der Waals surface area contributed by atoms with Crippen molar-refractivity contribution in [2.45, 2.75) is 40.0 Å². The largest absolute Gasteiger partial charge is 0.356 e. The molecule has 0 unspecified atom stereocenters. The van der Waals surface area contributed by atoms with Crippen LogP contribution in [-0.2, 0) is 19.2 Å². The molecule has 0 aliphatic rings. The molecule has 130 valence electrons. The van der Waals surface area contributed by atoms with Gasteiger partial charge in [0.1, 0.15) is 0 Å². The molecular formula is C16H27N3O4. The van der Waals surface area contributed by atoms with E-state index in [1.54, 1.807) is 13.8 Å². The maximum atomic E-state index is 11.5. The molecule has 7 nitrogen and oxygen atoms in total. The third kappa shape index (κ3) is 12.1. The number of nitrogens with one attached hydrogen (secondary N) is 3. The Morgan fingerprint density at radius 3 is 1.87 bits per heavy atom. The number of amides is 3. The van der Waals surface area contributed by atoms with E-state index in [0.29, 0.717) is 6.54 Å². The van der Waals surface area contributed by atoms with E-state index in [0.717, 1.165) is 12.5 Å². The molecule has 0 aliphatic heterocycles. The summed E-state index contributed by atoms with van der Waals surface area (Å²) in [6.07, 6.45) is 3.62. The SMILES string of the molecule is CCCNC(=O)CCNC(=O)CCNC(=O)/C=C/C(=O)C(C)C. The number of carbonyl (C=O) groups is 4. The molecular weight excluding hydrogens is 298 g/mol. The summed E-state index contributed by atoms with van der Waals surface area (Å²) in [6.45, 7) is 6.53. The fraction of sp³-hybridized carbons (Fsp3) is 0.625. The first kappa shape index (κ1) is 20.8. The highest BCUT2D eigenvalue weighted by atomic mass is 16.2. The summed E-state index contributed by atoms with van der Waals surface area (Å²) in [6, 6.07) is 0. The van der Waals surface area contributed by atoms with Gasteiger partial charge in [-0.3, -0.25) is 19.2 Å². The van der Waals surface area contributed by atoms with Crippen LogP contribution in [0.3, 0.4) is 0 Å². The van der Waals surface area contributed by atoms with Gasteiger partial charge in [-0.05, 0) is 12.5 Å². The van der Waals surface area contributed by atoms with Crippen LogP contribution in [0.5, 0.6) is 0 Å². The molecule has 0 saturated carbocycles. The lowest BCUT2D eigenvalue weighted by molar-refractivity contribution is -0.122. The molecule has 0 spiro atoms. The van der Waals surface area contributed by atoms with Crippen molar-refractivity contribution in [3.05, 3.63) is 12.2 Å². The van der Waals surface area contributed by atoms with Gasteiger partial charge in [-0.15, -0.1) is 0 Å². The minimum absolute atomic E-state index is 0.0968. The molecule has 0 radical (unpaired) electrons. The lowest BCUT2D eigenvalue weighted by Crippen LogP contribution is -2.33. The minimum Gasteiger partial charge on any atom is -0.356 e. The van der Waals surface area contributed by atoms with Gasteiger partial charge in [0.2, 0.25) is 17.7 Å². The van der Waals surface area contributed by atoms with Gasteiger partial charge in [0.25, 0.3) is 0 Å². The van der Waals surface area contributed by atoms with Crippen molar-refractivity contribution in [1.29, 1.82) is 0 Å². The van der Waals surface area contributed by atoms with Gasteiger partial charge in [0.05, 0.1) is 0 Å². The second-order valence-corrected chi connectivity index (χ2v) is 5.38. The number of hydrogen-bond donors (Lipinski definition) is 3. The number of ketones is 1. The van der Waals surface area contributed by atoms with E-state index in [-0.39, 0.29) is 49.4 Å². The molecule has 3 amide bonds. The first-order valence-electron chi connectivity index (χ1n) is 7.90. The molecule has 3 N–H and O–H groups in total. The Morgan fingerprint density at radius 2 is 1.35 bits per heavy atom. The Balaban J connectivity index is 3.76. The highest BCUT2D eigenvalue weighted by Crippen LogP contribution is 1.94. The van der Waals surface area contributed by atoms with Crippen molar-refractivity contribution in [3.63, 3.8) is 0 Å². The lowest BCUT2D eigenvalue weighted by atomic mass is 10.1. The molecule has 7 heteroatoms. The molecule has 0 aromatic rings. The average Bonchev–Trinajstić information content (AvgIpc) is 2.50. The number of carbonyl (C=O) groups excluding carboxylic acids is 4. The standard InChI is InChI=1S/C16H27N3O4/c1-4-9-17-15(22)7-11-19-16(23)8-10-18-14(21)6-5-13(20)12(2)3/h5-6,12H,4,7-11H2,1-3H3,(H,17,22)(H,18,21)(H,19,23)/b6-5+. The molecule has 0 bridgehead atoms. The van der Waals surface area contributed by atoms with Crippen LogP contribution < -0.4 is 16.0 Å². The minimum atomic E-state index is -0.411. The number of allylic oxidation sites excluding steroid dienone is 1. The fourth-order valence-corrected chi connectivity index (χ4v) is 1.47. The Kier molecular flexibility index (Phi) is 11.2. The van der Waals surface area contributed by atoms with E-state index in [9.17, 15) is 19.2 Å². The van der Waals surface area contributed by atoms with Crippen LogP contribution in [0.4, 0.5) is 0 Å². The Morgan fingerprint density at radius 1 is 0.826 bits per heavy atom. The van der Waals surface area contributed by atoms with E-state index < -0.39 is 5.91 Å². The van der Waals surface area contributed by atoms with Gasteiger partial charge in [-0.1, -0.05) is 20.8 Å². The zero-order valence-corrected chi connectivity index (χ0v) is 14.1. The van der Waals surface area contributed by atoms with Gasteiger partial charge in [0.15, 0.2) is 5.78 Å². The smallest absolute Gasteiger partial charge is 0.244 e. The second kappa shape index (κ2) is 12.4. The number of rotatable bonds is 11. The van der Waals surface area contributed by atoms with Crippen molar-refractivity contribution in [3.8, 4) is 0 Å². The lowest BCUT2D eigenvalue weighted by Gasteiger charge is -2.06. The summed E-state index contributed by atoms with van der Waals surface area (Å²) in [5, 5.41) is 7.84. The summed E-state index contributed by atoms with van der Waals surface area (Å²) in [5.74, 6) is -1.03. The molecule has 23 heavy (non-hydrogen) atoms. The van der Waals surface area contributed by atoms with Gasteiger partial charge < -0.3 is 16.0 Å². The van der Waals surface area contributed by atoms with Crippen LogP contribution in [-0.4, -0.2) is 43.1 Å². The van der Waals surface area contributed by atoms with E-state index >= 15 is 0 Å². The predicted molar refractivity (Wildman–Crippen MR) is 87.5 cm³/mol. The summed E-state index contributed by atoms with van der Waals surface area (Å²) in [5.41, 5.74) is 0. The van der Waals surface area contributed by atoms with Gasteiger partial charge in [-0.25, -0.2) is 0 Å². The second-order valence-electron chi connectivity index (χ2n) is 5.38. The van der Waals surface area contributed by atoms with Gasteiger partial charge in [-0.2, -0.15) is 0 Å². The molecule has 0 saturated heterocycles. The Hall–Kier alpha value is -2.18. The highest BCUT2D eigenvalue weighted by molar-refractivity contribution is 5.98. The maximum absolute atomic E-state index is 11.5.